The van der Waals surface area contributed by atoms with Crippen LogP contribution in [0, 0.1) is 11.6 Å². The summed E-state index contributed by atoms with van der Waals surface area (Å²) < 4.78 is 26.3. The summed E-state index contributed by atoms with van der Waals surface area (Å²) in [5.74, 6) is -2.41. The van der Waals surface area contributed by atoms with Crippen molar-refractivity contribution in [3.8, 4) is 0 Å². The largest absolute Gasteiger partial charge is 0.326 e. The summed E-state index contributed by atoms with van der Waals surface area (Å²) in [6.07, 6.45) is 0. The highest BCUT2D eigenvalue weighted by Gasteiger charge is 2.14. The maximum Gasteiger partial charge on any atom is 0.221 e. The number of anilines is 1. The third kappa shape index (κ3) is 3.06. The number of amides is 1. The summed E-state index contributed by atoms with van der Waals surface area (Å²) >= 11 is 0. The zero-order valence-electron chi connectivity index (χ0n) is 10.6. The van der Waals surface area contributed by atoms with Crippen molar-refractivity contribution < 1.29 is 18.4 Å². The minimum Gasteiger partial charge on any atom is -0.326 e. The second-order valence-electron chi connectivity index (χ2n) is 4.21. The summed E-state index contributed by atoms with van der Waals surface area (Å²) in [6, 6.07) is 8.81. The summed E-state index contributed by atoms with van der Waals surface area (Å²) in [6.45, 7) is 1.37. The normalized spacial score (nSPS) is 10.2. The fourth-order valence-corrected chi connectivity index (χ4v) is 1.74. The molecule has 0 saturated carbocycles. The highest BCUT2D eigenvalue weighted by molar-refractivity contribution is 6.09. The van der Waals surface area contributed by atoms with Gasteiger partial charge >= 0.3 is 0 Å². The lowest BCUT2D eigenvalue weighted by atomic mass is 10.0. The maximum absolute atomic E-state index is 13.5. The van der Waals surface area contributed by atoms with Crippen LogP contribution >= 0.6 is 0 Å². The van der Waals surface area contributed by atoms with Gasteiger partial charge in [0.1, 0.15) is 11.6 Å². The summed E-state index contributed by atoms with van der Waals surface area (Å²) in [4.78, 5) is 22.9. The van der Waals surface area contributed by atoms with Gasteiger partial charge in [-0.1, -0.05) is 0 Å². The second kappa shape index (κ2) is 5.61. The molecule has 2 rings (SSSR count). The van der Waals surface area contributed by atoms with E-state index in [0.717, 1.165) is 12.1 Å². The van der Waals surface area contributed by atoms with E-state index in [4.69, 9.17) is 0 Å². The van der Waals surface area contributed by atoms with E-state index in [9.17, 15) is 18.4 Å². The minimum atomic E-state index is -0.902. The molecule has 0 aliphatic heterocycles. The van der Waals surface area contributed by atoms with E-state index in [2.05, 4.69) is 5.32 Å². The van der Waals surface area contributed by atoms with E-state index in [0.29, 0.717) is 11.8 Å². The number of ketones is 1. The highest BCUT2D eigenvalue weighted by Crippen LogP contribution is 2.17. The van der Waals surface area contributed by atoms with Crippen LogP contribution in [-0.2, 0) is 4.79 Å². The molecule has 0 aliphatic carbocycles. The lowest BCUT2D eigenvalue weighted by Crippen LogP contribution is -2.07. The molecule has 1 N–H and O–H groups in total. The molecule has 0 unspecified atom stereocenters. The first-order valence-corrected chi connectivity index (χ1v) is 5.85. The van der Waals surface area contributed by atoms with Gasteiger partial charge in [0.25, 0.3) is 0 Å². The third-order valence-electron chi connectivity index (χ3n) is 2.64. The zero-order valence-corrected chi connectivity index (χ0v) is 10.6. The number of benzene rings is 2. The number of halogens is 2. The van der Waals surface area contributed by atoms with Crippen LogP contribution in [0.3, 0.4) is 0 Å². The van der Waals surface area contributed by atoms with Crippen molar-refractivity contribution >= 4 is 17.4 Å². The minimum absolute atomic E-state index is 0.196. The molecule has 5 heteroatoms. The molecule has 2 aromatic rings. The molecule has 2 aromatic carbocycles. The topological polar surface area (TPSA) is 46.2 Å². The molecule has 0 saturated heterocycles. The Balaban J connectivity index is 2.27. The predicted octanol–water partition coefficient (Wildman–Crippen LogP) is 3.15. The Kier molecular flexibility index (Phi) is 3.89. The Morgan fingerprint density at radius 2 is 1.65 bits per heavy atom. The van der Waals surface area contributed by atoms with E-state index in [1.165, 1.54) is 31.2 Å². The molecule has 0 atom stereocenters. The quantitative estimate of drug-likeness (QED) is 0.875. The van der Waals surface area contributed by atoms with Crippen molar-refractivity contribution in [2.75, 3.05) is 5.32 Å². The molecule has 0 spiro atoms. The van der Waals surface area contributed by atoms with Gasteiger partial charge in [0.2, 0.25) is 5.91 Å². The van der Waals surface area contributed by atoms with Crippen molar-refractivity contribution in [1.29, 1.82) is 0 Å². The van der Waals surface area contributed by atoms with Crippen molar-refractivity contribution in [1.82, 2.24) is 0 Å². The molecule has 0 radical (unpaired) electrons. The van der Waals surface area contributed by atoms with Crippen LogP contribution < -0.4 is 5.32 Å². The number of rotatable bonds is 3. The molecule has 0 heterocycles. The fraction of sp³-hybridized carbons (Fsp3) is 0.0667. The van der Waals surface area contributed by atoms with Crippen LogP contribution in [0.15, 0.2) is 42.5 Å². The van der Waals surface area contributed by atoms with E-state index in [1.54, 1.807) is 0 Å². The van der Waals surface area contributed by atoms with Gasteiger partial charge in [0.15, 0.2) is 5.78 Å². The van der Waals surface area contributed by atoms with Crippen LogP contribution in [-0.4, -0.2) is 11.7 Å². The van der Waals surface area contributed by atoms with Crippen molar-refractivity contribution in [3.63, 3.8) is 0 Å². The first-order valence-electron chi connectivity index (χ1n) is 5.85. The molecule has 0 bridgehead atoms. The Morgan fingerprint density at radius 1 is 1.00 bits per heavy atom. The predicted molar refractivity (Wildman–Crippen MR) is 70.5 cm³/mol. The van der Waals surface area contributed by atoms with E-state index in [1.807, 2.05) is 0 Å². The van der Waals surface area contributed by atoms with Gasteiger partial charge in [-0.2, -0.15) is 0 Å². The van der Waals surface area contributed by atoms with Crippen molar-refractivity contribution in [3.05, 3.63) is 65.2 Å². The Hall–Kier alpha value is -2.56. The summed E-state index contributed by atoms with van der Waals surface area (Å²) in [5.41, 5.74) is 0.594. The van der Waals surface area contributed by atoms with E-state index >= 15 is 0 Å². The molecule has 20 heavy (non-hydrogen) atoms. The van der Waals surface area contributed by atoms with Gasteiger partial charge < -0.3 is 5.32 Å². The van der Waals surface area contributed by atoms with Crippen LogP contribution in [0.25, 0.3) is 0 Å². The number of nitrogens with one attached hydrogen (secondary N) is 1. The highest BCUT2D eigenvalue weighted by atomic mass is 19.1. The molecule has 102 valence electrons. The summed E-state index contributed by atoms with van der Waals surface area (Å²) in [5, 5.41) is 2.56. The van der Waals surface area contributed by atoms with Crippen molar-refractivity contribution in [2.24, 2.45) is 0 Å². The number of hydrogen-bond acceptors (Lipinski definition) is 2. The molecule has 0 aliphatic rings. The molecular formula is C15H11F2NO2. The SMILES string of the molecule is CC(=O)Nc1ccc(C(=O)c2ccc(F)cc2F)cc1. The lowest BCUT2D eigenvalue weighted by molar-refractivity contribution is -0.114. The first-order chi connectivity index (χ1) is 9.47. The van der Waals surface area contributed by atoms with Gasteiger partial charge in [0, 0.05) is 24.2 Å². The smallest absolute Gasteiger partial charge is 0.221 e. The number of carbonyl (C=O) groups is 2. The van der Waals surface area contributed by atoms with Crippen LogP contribution in [0.4, 0.5) is 14.5 Å². The zero-order chi connectivity index (χ0) is 14.7. The van der Waals surface area contributed by atoms with E-state index in [-0.39, 0.29) is 17.0 Å². The fourth-order valence-electron chi connectivity index (χ4n) is 1.74. The van der Waals surface area contributed by atoms with E-state index < -0.39 is 17.4 Å². The first kappa shape index (κ1) is 13.9. The van der Waals surface area contributed by atoms with Gasteiger partial charge in [-0.15, -0.1) is 0 Å². The third-order valence-corrected chi connectivity index (χ3v) is 2.64. The molecular weight excluding hydrogens is 264 g/mol. The van der Waals surface area contributed by atoms with Crippen LogP contribution in [0.5, 0.6) is 0 Å². The van der Waals surface area contributed by atoms with Gasteiger partial charge in [-0.3, -0.25) is 9.59 Å². The van der Waals surface area contributed by atoms with Gasteiger partial charge in [-0.25, -0.2) is 8.78 Å². The standard InChI is InChI=1S/C15H11F2NO2/c1-9(19)18-12-5-2-10(3-6-12)15(20)13-7-4-11(16)8-14(13)17/h2-8H,1H3,(H,18,19). The number of hydrogen-bond donors (Lipinski definition) is 1. The summed E-state index contributed by atoms with van der Waals surface area (Å²) in [7, 11) is 0. The molecule has 0 fully saturated rings. The van der Waals surface area contributed by atoms with Gasteiger partial charge in [0.05, 0.1) is 5.56 Å². The Morgan fingerprint density at radius 3 is 2.20 bits per heavy atom. The number of carbonyl (C=O) groups excluding carboxylic acids is 2. The Bertz CT molecular complexity index is 666. The average Bonchev–Trinajstić information content (AvgIpc) is 2.38. The average molecular weight is 275 g/mol. The molecule has 0 aromatic heterocycles. The van der Waals surface area contributed by atoms with Crippen LogP contribution in [0.2, 0.25) is 0 Å². The maximum atomic E-state index is 13.5. The van der Waals surface area contributed by atoms with Gasteiger partial charge in [-0.05, 0) is 36.4 Å². The monoisotopic (exact) mass is 275 g/mol. The van der Waals surface area contributed by atoms with Crippen LogP contribution in [0.1, 0.15) is 22.8 Å². The molecule has 1 amide bonds. The molecule has 3 nitrogen and oxygen atoms in total. The lowest BCUT2D eigenvalue weighted by Gasteiger charge is -2.05. The second-order valence-corrected chi connectivity index (χ2v) is 4.21. The Labute approximate surface area is 114 Å². The van der Waals surface area contributed by atoms with Crippen molar-refractivity contribution in [2.45, 2.75) is 6.92 Å².